The number of primary amides is 1. The predicted octanol–water partition coefficient (Wildman–Crippen LogP) is 1.65. The van der Waals surface area contributed by atoms with Crippen LogP contribution in [0.3, 0.4) is 0 Å². The Hall–Kier alpha value is -3.29. The number of hydrogen-bond acceptors (Lipinski definition) is 5. The van der Waals surface area contributed by atoms with Gasteiger partial charge < -0.3 is 25.8 Å². The predicted molar refractivity (Wildman–Crippen MR) is 91.4 cm³/mol. The number of anilines is 1. The zero-order valence-corrected chi connectivity index (χ0v) is 13.7. The molecule has 4 N–H and O–H groups in total. The molecule has 1 aromatic carbocycles. The molecule has 132 valence electrons. The van der Waals surface area contributed by atoms with Gasteiger partial charge in [0.1, 0.15) is 29.2 Å². The number of rotatable bonds is 3. The van der Waals surface area contributed by atoms with Crippen LogP contribution in [0.5, 0.6) is 17.2 Å². The highest BCUT2D eigenvalue weighted by atomic mass is 16.5. The lowest BCUT2D eigenvalue weighted by atomic mass is 10.1. The van der Waals surface area contributed by atoms with E-state index < -0.39 is 6.03 Å². The molecular weight excluding hydrogens is 336 g/mol. The number of carbonyl (C=O) groups is 2. The highest BCUT2D eigenvalue weighted by Gasteiger charge is 2.59. The molecule has 0 radical (unpaired) electrons. The Morgan fingerprint density at radius 3 is 3.08 bits per heavy atom. The fourth-order valence-corrected chi connectivity index (χ4v) is 3.72. The largest absolute Gasteiger partial charge is 0.487 e. The van der Waals surface area contributed by atoms with Crippen molar-refractivity contribution in [3.05, 3.63) is 41.6 Å². The second kappa shape index (κ2) is 5.35. The van der Waals surface area contributed by atoms with Crippen molar-refractivity contribution in [1.82, 2.24) is 10.3 Å². The van der Waals surface area contributed by atoms with E-state index in [-0.39, 0.29) is 24.0 Å². The molecule has 26 heavy (non-hydrogen) atoms. The maximum Gasteiger partial charge on any atom is 0.312 e. The van der Waals surface area contributed by atoms with Gasteiger partial charge in [-0.3, -0.25) is 4.79 Å². The minimum atomic E-state index is -0.549. The van der Waals surface area contributed by atoms with Gasteiger partial charge in [-0.25, -0.2) is 9.78 Å². The molecule has 8 heteroatoms. The van der Waals surface area contributed by atoms with Crippen molar-refractivity contribution in [2.45, 2.75) is 30.9 Å². The molecule has 2 aliphatic heterocycles. The van der Waals surface area contributed by atoms with Gasteiger partial charge >= 0.3 is 6.03 Å². The van der Waals surface area contributed by atoms with E-state index in [1.165, 1.54) is 0 Å². The second-order valence-electron chi connectivity index (χ2n) is 6.63. The Morgan fingerprint density at radius 1 is 1.35 bits per heavy atom. The van der Waals surface area contributed by atoms with E-state index in [1.54, 1.807) is 12.3 Å². The number of hydrogen-bond donors (Lipinski definition) is 3. The maximum absolute atomic E-state index is 11.5. The first-order valence-electron chi connectivity index (χ1n) is 8.42. The van der Waals surface area contributed by atoms with Crippen LogP contribution in [-0.2, 0) is 11.2 Å². The number of nitrogens with one attached hydrogen (secondary N) is 2. The van der Waals surface area contributed by atoms with E-state index in [0.717, 1.165) is 16.9 Å². The summed E-state index contributed by atoms with van der Waals surface area (Å²) in [5.41, 5.74) is 7.09. The topological polar surface area (TPSA) is 116 Å². The zero-order valence-electron chi connectivity index (χ0n) is 13.7. The Bertz CT molecular complexity index is 945. The van der Waals surface area contributed by atoms with Crippen LogP contribution < -0.4 is 25.8 Å². The fraction of sp³-hybridized carbons (Fsp3) is 0.278. The van der Waals surface area contributed by atoms with Crippen molar-refractivity contribution >= 4 is 17.8 Å². The molecule has 3 atom stereocenters. The third kappa shape index (κ3) is 2.33. The number of nitrogens with two attached hydrogens (primary N) is 1. The van der Waals surface area contributed by atoms with Crippen molar-refractivity contribution in [2.75, 3.05) is 5.32 Å². The Morgan fingerprint density at radius 2 is 2.23 bits per heavy atom. The average Bonchev–Trinajstić information content (AvgIpc) is 3.11. The van der Waals surface area contributed by atoms with Crippen molar-refractivity contribution < 1.29 is 19.1 Å². The van der Waals surface area contributed by atoms with Crippen LogP contribution in [0.1, 0.15) is 23.5 Å². The van der Waals surface area contributed by atoms with E-state index in [0.29, 0.717) is 30.2 Å². The summed E-state index contributed by atoms with van der Waals surface area (Å²) in [5.74, 6) is 2.77. The molecule has 5 rings (SSSR count). The number of benzene rings is 1. The lowest BCUT2D eigenvalue weighted by molar-refractivity contribution is -0.116. The molecule has 2 unspecified atom stereocenters. The smallest absolute Gasteiger partial charge is 0.312 e. The quantitative estimate of drug-likeness (QED) is 0.777. The van der Waals surface area contributed by atoms with E-state index in [4.69, 9.17) is 15.2 Å². The minimum absolute atomic E-state index is 0.0374. The normalized spacial score (nSPS) is 24.5. The fourth-order valence-electron chi connectivity index (χ4n) is 3.72. The number of aromatic nitrogens is 1. The highest BCUT2D eigenvalue weighted by Crippen LogP contribution is 2.54. The first-order valence-corrected chi connectivity index (χ1v) is 8.42. The van der Waals surface area contributed by atoms with Crippen molar-refractivity contribution in [3.8, 4) is 17.2 Å². The summed E-state index contributed by atoms with van der Waals surface area (Å²) >= 11 is 0. The molecule has 3 aliphatic rings. The van der Waals surface area contributed by atoms with Gasteiger partial charge in [-0.1, -0.05) is 0 Å². The molecule has 1 saturated carbocycles. The summed E-state index contributed by atoms with van der Waals surface area (Å²) in [6.45, 7) is 0. The Labute approximate surface area is 148 Å². The van der Waals surface area contributed by atoms with Gasteiger partial charge in [-0.2, -0.15) is 0 Å². The van der Waals surface area contributed by atoms with E-state index >= 15 is 0 Å². The van der Waals surface area contributed by atoms with Gasteiger partial charge in [-0.05, 0) is 30.7 Å². The molecule has 0 spiro atoms. The molecule has 1 fully saturated rings. The van der Waals surface area contributed by atoms with Crippen LogP contribution in [0.4, 0.5) is 10.6 Å². The van der Waals surface area contributed by atoms with Crippen LogP contribution in [0.2, 0.25) is 0 Å². The van der Waals surface area contributed by atoms with E-state index in [2.05, 4.69) is 15.6 Å². The van der Waals surface area contributed by atoms with Gasteiger partial charge in [0.25, 0.3) is 0 Å². The lowest BCUT2D eigenvalue weighted by Gasteiger charge is -2.19. The van der Waals surface area contributed by atoms with Gasteiger partial charge in [-0.15, -0.1) is 0 Å². The molecule has 1 aliphatic carbocycles. The standard InChI is InChI=1S/C18H16N4O4/c19-18(24)22-15-14-10-7-8(1-3-11(10)26-16(14)15)25-12-5-6-20-17-9(12)2-4-13(23)21-17/h1,3,5-7,14-16H,2,4H2,(H3,19,22,24)(H,20,21,23)/t14?,15-,16?/m0/s1. The summed E-state index contributed by atoms with van der Waals surface area (Å²) in [7, 11) is 0. The third-order valence-corrected chi connectivity index (χ3v) is 4.97. The number of ether oxygens (including phenoxy) is 2. The van der Waals surface area contributed by atoms with Crippen LogP contribution >= 0.6 is 0 Å². The average molecular weight is 352 g/mol. The van der Waals surface area contributed by atoms with Crippen molar-refractivity contribution in [2.24, 2.45) is 5.73 Å². The number of carbonyl (C=O) groups excluding carboxylic acids is 2. The second-order valence-corrected chi connectivity index (χ2v) is 6.63. The summed E-state index contributed by atoms with van der Waals surface area (Å²) < 4.78 is 11.9. The monoisotopic (exact) mass is 352 g/mol. The lowest BCUT2D eigenvalue weighted by Crippen LogP contribution is -2.34. The summed E-state index contributed by atoms with van der Waals surface area (Å²) in [5, 5.41) is 5.46. The minimum Gasteiger partial charge on any atom is -0.487 e. The Balaban J connectivity index is 1.40. The number of pyridine rings is 1. The molecule has 3 heterocycles. The van der Waals surface area contributed by atoms with E-state index in [9.17, 15) is 9.59 Å². The summed E-state index contributed by atoms with van der Waals surface area (Å²) in [6.07, 6.45) is 2.56. The van der Waals surface area contributed by atoms with E-state index in [1.807, 2.05) is 18.2 Å². The van der Waals surface area contributed by atoms with Gasteiger partial charge in [0.05, 0.1) is 12.0 Å². The molecule has 0 bridgehead atoms. The van der Waals surface area contributed by atoms with Gasteiger partial charge in [0, 0.05) is 23.7 Å². The van der Waals surface area contributed by atoms with Crippen LogP contribution in [0.25, 0.3) is 0 Å². The number of urea groups is 1. The van der Waals surface area contributed by atoms with Crippen LogP contribution in [-0.4, -0.2) is 29.1 Å². The molecule has 0 saturated heterocycles. The summed E-state index contributed by atoms with van der Waals surface area (Å²) in [6, 6.07) is 6.79. The van der Waals surface area contributed by atoms with Crippen molar-refractivity contribution in [3.63, 3.8) is 0 Å². The number of nitrogens with zero attached hydrogens (tertiary/aromatic N) is 1. The van der Waals surface area contributed by atoms with Gasteiger partial charge in [0.15, 0.2) is 0 Å². The molecule has 8 nitrogen and oxygen atoms in total. The highest BCUT2D eigenvalue weighted by molar-refractivity contribution is 5.93. The maximum atomic E-state index is 11.5. The number of amides is 3. The third-order valence-electron chi connectivity index (χ3n) is 4.97. The zero-order chi connectivity index (χ0) is 17.8. The van der Waals surface area contributed by atoms with Crippen LogP contribution in [0, 0.1) is 0 Å². The SMILES string of the molecule is NC(=O)N[C@@H]1C2Oc3ccc(Oc4ccnc5c4CCC(=O)N5)cc3C21. The van der Waals surface area contributed by atoms with Crippen molar-refractivity contribution in [1.29, 1.82) is 0 Å². The molecule has 3 amide bonds. The van der Waals surface area contributed by atoms with Gasteiger partial charge in [0.2, 0.25) is 5.91 Å². The Kier molecular flexibility index (Phi) is 3.09. The number of fused-ring (bicyclic) bond motifs is 4. The van der Waals surface area contributed by atoms with Crippen LogP contribution in [0.15, 0.2) is 30.5 Å². The molecule has 2 aromatic rings. The molecule has 1 aromatic heterocycles. The first-order chi connectivity index (χ1) is 12.6. The summed E-state index contributed by atoms with van der Waals surface area (Å²) in [4.78, 5) is 26.8. The molecular formula is C18H16N4O4. The first kappa shape index (κ1) is 15.0.